The fourth-order valence-corrected chi connectivity index (χ4v) is 4.18. The van der Waals surface area contributed by atoms with Gasteiger partial charge < -0.3 is 14.4 Å². The molecule has 0 aromatic carbocycles. The predicted octanol–water partition coefficient (Wildman–Crippen LogP) is 2.68. The minimum Gasteiger partial charge on any atom is -0.445 e. The quantitative estimate of drug-likeness (QED) is 0.876. The molecule has 1 atom stereocenters. The Morgan fingerprint density at radius 2 is 2.15 bits per heavy atom. The molecular weight excluding hydrogens is 342 g/mol. The van der Waals surface area contributed by atoms with E-state index in [0.29, 0.717) is 25.4 Å². The van der Waals surface area contributed by atoms with Gasteiger partial charge in [-0.2, -0.15) is 0 Å². The second-order valence-corrected chi connectivity index (χ2v) is 7.69. The van der Waals surface area contributed by atoms with Crippen molar-refractivity contribution in [2.24, 2.45) is 5.92 Å². The van der Waals surface area contributed by atoms with Crippen LogP contribution >= 0.6 is 0 Å². The summed E-state index contributed by atoms with van der Waals surface area (Å²) in [5.74, 6) is 1.56. The summed E-state index contributed by atoms with van der Waals surface area (Å²) in [7, 11) is 0. The van der Waals surface area contributed by atoms with Gasteiger partial charge in [0.05, 0.1) is 6.54 Å². The van der Waals surface area contributed by atoms with Crippen LogP contribution in [0.25, 0.3) is 0 Å². The molecule has 27 heavy (non-hydrogen) atoms. The standard InChI is InChI=1S/C21H27N3O3/c25-20(16-6-2-1-3-7-16)21(26)24-12-10-18-17(14-24)23-19(27-18)9-8-15-5-4-11-22-13-15/h4-5,11,13,16,20,25H,1-3,6-10,12,14H2/t20-/m1/s1. The van der Waals surface area contributed by atoms with E-state index < -0.39 is 6.10 Å². The number of aryl methyl sites for hydroxylation is 2. The minimum absolute atomic E-state index is 0.111. The summed E-state index contributed by atoms with van der Waals surface area (Å²) in [6.45, 7) is 1.03. The number of rotatable bonds is 5. The summed E-state index contributed by atoms with van der Waals surface area (Å²) in [5, 5.41) is 10.5. The van der Waals surface area contributed by atoms with Gasteiger partial charge in [0.2, 0.25) is 0 Å². The molecule has 0 bridgehead atoms. The molecule has 0 radical (unpaired) electrons. The van der Waals surface area contributed by atoms with Crippen LogP contribution in [-0.2, 0) is 30.6 Å². The third-order valence-corrected chi connectivity index (χ3v) is 5.78. The number of hydrogen-bond acceptors (Lipinski definition) is 5. The Kier molecular flexibility index (Phi) is 5.53. The van der Waals surface area contributed by atoms with Gasteiger partial charge in [-0.1, -0.05) is 25.3 Å². The number of aliphatic hydroxyl groups is 1. The van der Waals surface area contributed by atoms with Crippen LogP contribution in [0.4, 0.5) is 0 Å². The van der Waals surface area contributed by atoms with E-state index >= 15 is 0 Å². The molecule has 4 rings (SSSR count). The number of carbonyl (C=O) groups is 1. The first-order valence-electron chi connectivity index (χ1n) is 10.0. The Hall–Kier alpha value is -2.21. The summed E-state index contributed by atoms with van der Waals surface area (Å²) < 4.78 is 5.90. The first-order valence-corrected chi connectivity index (χ1v) is 10.0. The molecule has 6 heteroatoms. The van der Waals surface area contributed by atoms with Crippen LogP contribution in [0.15, 0.2) is 28.9 Å². The number of nitrogens with zero attached hydrogens (tertiary/aromatic N) is 3. The third-order valence-electron chi connectivity index (χ3n) is 5.78. The second-order valence-electron chi connectivity index (χ2n) is 7.69. The summed E-state index contributed by atoms with van der Waals surface area (Å²) in [6, 6.07) is 3.97. The van der Waals surface area contributed by atoms with Crippen molar-refractivity contribution in [3.8, 4) is 0 Å². The number of hydrogen-bond donors (Lipinski definition) is 1. The fourth-order valence-electron chi connectivity index (χ4n) is 4.18. The first-order chi connectivity index (χ1) is 13.2. The molecule has 2 aromatic rings. The molecular formula is C21H27N3O3. The molecule has 1 saturated carbocycles. The van der Waals surface area contributed by atoms with Crippen molar-refractivity contribution in [1.29, 1.82) is 0 Å². The lowest BCUT2D eigenvalue weighted by Crippen LogP contribution is -2.45. The smallest absolute Gasteiger partial charge is 0.252 e. The van der Waals surface area contributed by atoms with Gasteiger partial charge in [-0.3, -0.25) is 9.78 Å². The van der Waals surface area contributed by atoms with Crippen molar-refractivity contribution in [3.05, 3.63) is 47.4 Å². The van der Waals surface area contributed by atoms with Crippen molar-refractivity contribution in [1.82, 2.24) is 14.9 Å². The van der Waals surface area contributed by atoms with E-state index in [-0.39, 0.29) is 11.8 Å². The summed E-state index contributed by atoms with van der Waals surface area (Å²) in [6.07, 6.45) is 10.3. The maximum Gasteiger partial charge on any atom is 0.252 e. The van der Waals surface area contributed by atoms with Gasteiger partial charge in [-0.05, 0) is 36.8 Å². The Bertz CT molecular complexity index is 768. The van der Waals surface area contributed by atoms with Gasteiger partial charge in [0, 0.05) is 31.8 Å². The number of aliphatic hydroxyl groups excluding tert-OH is 1. The van der Waals surface area contributed by atoms with E-state index in [9.17, 15) is 9.90 Å². The zero-order valence-electron chi connectivity index (χ0n) is 15.6. The highest BCUT2D eigenvalue weighted by Crippen LogP contribution is 2.28. The molecule has 3 heterocycles. The Balaban J connectivity index is 1.36. The molecule has 0 spiro atoms. The SMILES string of the molecule is O=C([C@H](O)C1CCCCC1)N1CCc2oc(CCc3cccnc3)nc2C1. The molecule has 1 N–H and O–H groups in total. The monoisotopic (exact) mass is 369 g/mol. The van der Waals surface area contributed by atoms with Gasteiger partial charge in [0.1, 0.15) is 17.6 Å². The highest BCUT2D eigenvalue weighted by atomic mass is 16.4. The molecule has 6 nitrogen and oxygen atoms in total. The maximum atomic E-state index is 12.7. The van der Waals surface area contributed by atoms with Crippen LogP contribution in [0.5, 0.6) is 0 Å². The van der Waals surface area contributed by atoms with Gasteiger partial charge >= 0.3 is 0 Å². The topological polar surface area (TPSA) is 79.5 Å². The number of pyridine rings is 1. The van der Waals surface area contributed by atoms with Crippen molar-refractivity contribution >= 4 is 5.91 Å². The fraction of sp³-hybridized carbons (Fsp3) is 0.571. The molecule has 1 aliphatic heterocycles. The predicted molar refractivity (Wildman–Crippen MR) is 99.9 cm³/mol. The highest BCUT2D eigenvalue weighted by molar-refractivity contribution is 5.81. The number of aromatic nitrogens is 2. The average Bonchev–Trinajstić information content (AvgIpc) is 3.14. The van der Waals surface area contributed by atoms with E-state index in [0.717, 1.165) is 55.5 Å². The molecule has 0 unspecified atom stereocenters. The lowest BCUT2D eigenvalue weighted by molar-refractivity contribution is -0.144. The summed E-state index contributed by atoms with van der Waals surface area (Å²) >= 11 is 0. The van der Waals surface area contributed by atoms with E-state index in [4.69, 9.17) is 4.42 Å². The van der Waals surface area contributed by atoms with Crippen molar-refractivity contribution in [3.63, 3.8) is 0 Å². The summed E-state index contributed by atoms with van der Waals surface area (Å²) in [5.41, 5.74) is 1.99. The Labute approximate surface area is 159 Å². The molecule has 2 aromatic heterocycles. The largest absolute Gasteiger partial charge is 0.445 e. The molecule has 2 aliphatic rings. The van der Waals surface area contributed by atoms with Crippen molar-refractivity contribution < 1.29 is 14.3 Å². The van der Waals surface area contributed by atoms with Crippen LogP contribution in [0.1, 0.15) is 55.0 Å². The van der Waals surface area contributed by atoms with Gasteiger partial charge in [-0.25, -0.2) is 4.98 Å². The van der Waals surface area contributed by atoms with E-state index in [2.05, 4.69) is 9.97 Å². The molecule has 1 aliphatic carbocycles. The average molecular weight is 369 g/mol. The van der Waals surface area contributed by atoms with E-state index in [1.807, 2.05) is 18.3 Å². The van der Waals surface area contributed by atoms with Crippen molar-refractivity contribution in [2.75, 3.05) is 6.54 Å². The zero-order valence-corrected chi connectivity index (χ0v) is 15.6. The van der Waals surface area contributed by atoms with Gasteiger partial charge in [-0.15, -0.1) is 0 Å². The lowest BCUT2D eigenvalue weighted by atomic mass is 9.84. The number of oxazole rings is 1. The third kappa shape index (κ3) is 4.21. The zero-order chi connectivity index (χ0) is 18.6. The minimum atomic E-state index is -0.871. The lowest BCUT2D eigenvalue weighted by Gasteiger charge is -2.32. The Morgan fingerprint density at radius 1 is 1.30 bits per heavy atom. The summed E-state index contributed by atoms with van der Waals surface area (Å²) in [4.78, 5) is 23.2. The molecule has 1 fully saturated rings. The second kappa shape index (κ2) is 8.21. The van der Waals surface area contributed by atoms with Gasteiger partial charge in [0.25, 0.3) is 5.91 Å². The Morgan fingerprint density at radius 3 is 2.93 bits per heavy atom. The highest BCUT2D eigenvalue weighted by Gasteiger charge is 2.33. The van der Waals surface area contributed by atoms with Crippen LogP contribution in [0.2, 0.25) is 0 Å². The van der Waals surface area contributed by atoms with E-state index in [1.165, 1.54) is 6.42 Å². The van der Waals surface area contributed by atoms with E-state index in [1.54, 1.807) is 11.1 Å². The number of amides is 1. The molecule has 0 saturated heterocycles. The molecule has 1 amide bonds. The van der Waals surface area contributed by atoms with Crippen LogP contribution in [0.3, 0.4) is 0 Å². The normalized spacial score (nSPS) is 18.9. The van der Waals surface area contributed by atoms with Gasteiger partial charge in [0.15, 0.2) is 5.89 Å². The van der Waals surface area contributed by atoms with Crippen LogP contribution in [-0.4, -0.2) is 38.5 Å². The number of fused-ring (bicyclic) bond motifs is 1. The number of carbonyl (C=O) groups excluding carboxylic acids is 1. The van der Waals surface area contributed by atoms with Crippen LogP contribution < -0.4 is 0 Å². The molecule has 144 valence electrons. The maximum absolute atomic E-state index is 12.7. The first kappa shape index (κ1) is 18.2. The van der Waals surface area contributed by atoms with Crippen LogP contribution in [0, 0.1) is 5.92 Å². The van der Waals surface area contributed by atoms with Crippen molar-refractivity contribution in [2.45, 2.75) is 64.0 Å².